The Morgan fingerprint density at radius 1 is 1.27 bits per heavy atom. The first-order valence-corrected chi connectivity index (χ1v) is 11.1. The molecule has 0 aromatic rings. The van der Waals surface area contributed by atoms with Gasteiger partial charge in [0.25, 0.3) is 0 Å². The van der Waals surface area contributed by atoms with Crippen molar-refractivity contribution < 1.29 is 24.2 Å². The molecule has 2 saturated carbocycles. The summed E-state index contributed by atoms with van der Waals surface area (Å²) in [5.74, 6) is -0.129. The number of allylic oxidation sites excluding steroid dienone is 4. The first kappa shape index (κ1) is 21.2. The number of hydrogen-bond acceptors (Lipinski definition) is 5. The van der Waals surface area contributed by atoms with Crippen molar-refractivity contribution in [3.8, 4) is 0 Å². The highest BCUT2D eigenvalue weighted by Crippen LogP contribution is 2.65. The molecule has 0 bridgehead atoms. The van der Waals surface area contributed by atoms with Gasteiger partial charge in [-0.15, -0.1) is 6.58 Å². The number of ketones is 2. The van der Waals surface area contributed by atoms with Crippen LogP contribution in [0.5, 0.6) is 0 Å². The number of esters is 1. The second kappa shape index (κ2) is 7.30. The van der Waals surface area contributed by atoms with Crippen LogP contribution in [0.4, 0.5) is 0 Å². The van der Waals surface area contributed by atoms with Gasteiger partial charge in [-0.2, -0.15) is 0 Å². The van der Waals surface area contributed by atoms with Crippen LogP contribution < -0.4 is 0 Å². The highest BCUT2D eigenvalue weighted by Gasteiger charge is 2.64. The van der Waals surface area contributed by atoms with E-state index in [2.05, 4.69) is 19.6 Å². The number of aliphatic hydroxyl groups is 1. The van der Waals surface area contributed by atoms with Crippen LogP contribution in [0.1, 0.15) is 65.2 Å². The number of rotatable bonds is 5. The highest BCUT2D eigenvalue weighted by molar-refractivity contribution is 5.92. The standard InChI is InChI=1S/C25H32O5/c1-4-5-22(28)30-15-21(27)25(29)13-10-20-18-7-6-16-14-17(26)8-11-23(16,2)19(18)9-12-24(20,25)3/h4,9,14,18,20,29H,1,5-8,10-13,15H2,2-3H3/t18-,20+,23+,24+,25+/m1/s1. The summed E-state index contributed by atoms with van der Waals surface area (Å²) in [6, 6.07) is 0. The molecular weight excluding hydrogens is 380 g/mol. The van der Waals surface area contributed by atoms with Gasteiger partial charge in [0.05, 0.1) is 6.42 Å². The summed E-state index contributed by atoms with van der Waals surface area (Å²) in [6.07, 6.45) is 10.7. The van der Waals surface area contributed by atoms with Crippen molar-refractivity contribution >= 4 is 17.5 Å². The van der Waals surface area contributed by atoms with Crippen molar-refractivity contribution in [2.24, 2.45) is 22.7 Å². The van der Waals surface area contributed by atoms with Crippen LogP contribution >= 0.6 is 0 Å². The molecular formula is C25H32O5. The van der Waals surface area contributed by atoms with E-state index in [1.165, 1.54) is 17.2 Å². The van der Waals surface area contributed by atoms with Crippen molar-refractivity contribution in [2.75, 3.05) is 6.61 Å². The molecule has 0 unspecified atom stereocenters. The Kier molecular flexibility index (Phi) is 5.16. The highest BCUT2D eigenvalue weighted by atomic mass is 16.5. The lowest BCUT2D eigenvalue weighted by atomic mass is 9.50. The Balaban J connectivity index is 1.60. The van der Waals surface area contributed by atoms with Gasteiger partial charge >= 0.3 is 5.97 Å². The number of carbonyl (C=O) groups is 3. The average molecular weight is 413 g/mol. The van der Waals surface area contributed by atoms with E-state index in [1.54, 1.807) is 0 Å². The molecule has 1 N–H and O–H groups in total. The molecule has 0 aromatic carbocycles. The van der Waals surface area contributed by atoms with E-state index < -0.39 is 22.8 Å². The van der Waals surface area contributed by atoms with Crippen molar-refractivity contribution in [3.05, 3.63) is 36.0 Å². The summed E-state index contributed by atoms with van der Waals surface area (Å²) >= 11 is 0. The molecule has 0 aromatic heterocycles. The van der Waals surface area contributed by atoms with Gasteiger partial charge in [0.1, 0.15) is 5.60 Å². The third-order valence-electron chi connectivity index (χ3n) is 8.63. The summed E-state index contributed by atoms with van der Waals surface area (Å²) in [5.41, 5.74) is 0.550. The van der Waals surface area contributed by atoms with E-state index in [0.29, 0.717) is 25.2 Å². The minimum Gasteiger partial charge on any atom is -0.457 e. The number of hydrogen-bond donors (Lipinski definition) is 1. The molecule has 162 valence electrons. The molecule has 4 aliphatic rings. The van der Waals surface area contributed by atoms with Crippen LogP contribution in [0.2, 0.25) is 0 Å². The maximum Gasteiger partial charge on any atom is 0.310 e. The Hall–Kier alpha value is -2.01. The van der Waals surface area contributed by atoms with Crippen LogP contribution in [0.3, 0.4) is 0 Å². The zero-order valence-corrected chi connectivity index (χ0v) is 18.0. The largest absolute Gasteiger partial charge is 0.457 e. The Morgan fingerprint density at radius 2 is 2.03 bits per heavy atom. The van der Waals surface area contributed by atoms with Crippen LogP contribution in [0.15, 0.2) is 36.0 Å². The monoisotopic (exact) mass is 412 g/mol. The van der Waals surface area contributed by atoms with Gasteiger partial charge in [0.2, 0.25) is 5.78 Å². The predicted octanol–water partition coefficient (Wildman–Crippen LogP) is 3.86. The molecule has 5 atom stereocenters. The number of carbonyl (C=O) groups excluding carboxylic acids is 3. The molecule has 2 fully saturated rings. The fourth-order valence-electron chi connectivity index (χ4n) is 6.77. The lowest BCUT2D eigenvalue weighted by Crippen LogP contribution is -2.55. The Labute approximate surface area is 178 Å². The van der Waals surface area contributed by atoms with E-state index in [-0.39, 0.29) is 30.1 Å². The second-order valence-corrected chi connectivity index (χ2v) is 9.98. The van der Waals surface area contributed by atoms with Crippen molar-refractivity contribution in [1.82, 2.24) is 0 Å². The first-order valence-electron chi connectivity index (χ1n) is 11.1. The van der Waals surface area contributed by atoms with Gasteiger partial charge in [0.15, 0.2) is 12.4 Å². The van der Waals surface area contributed by atoms with E-state index in [9.17, 15) is 19.5 Å². The molecule has 0 heterocycles. The zero-order valence-electron chi connectivity index (χ0n) is 18.0. The van der Waals surface area contributed by atoms with Crippen LogP contribution in [-0.4, -0.2) is 34.9 Å². The van der Waals surface area contributed by atoms with Gasteiger partial charge in [-0.3, -0.25) is 14.4 Å². The molecule has 5 heteroatoms. The third kappa shape index (κ3) is 2.96. The molecule has 5 nitrogen and oxygen atoms in total. The normalized spacial score (nSPS) is 39.8. The summed E-state index contributed by atoms with van der Waals surface area (Å²) < 4.78 is 5.08. The summed E-state index contributed by atoms with van der Waals surface area (Å²) in [5, 5.41) is 11.5. The van der Waals surface area contributed by atoms with Crippen LogP contribution in [-0.2, 0) is 19.1 Å². The maximum atomic E-state index is 13.0. The molecule has 0 radical (unpaired) electrons. The fraction of sp³-hybridized carbons (Fsp3) is 0.640. The number of fused-ring (bicyclic) bond motifs is 5. The minimum atomic E-state index is -1.48. The summed E-state index contributed by atoms with van der Waals surface area (Å²) in [6.45, 7) is 7.40. The van der Waals surface area contributed by atoms with Crippen LogP contribution in [0.25, 0.3) is 0 Å². The maximum absolute atomic E-state index is 13.0. The topological polar surface area (TPSA) is 80.7 Å². The predicted molar refractivity (Wildman–Crippen MR) is 112 cm³/mol. The van der Waals surface area contributed by atoms with E-state index in [0.717, 1.165) is 25.7 Å². The molecule has 0 aliphatic heterocycles. The van der Waals surface area contributed by atoms with E-state index in [1.807, 2.05) is 13.0 Å². The van der Waals surface area contributed by atoms with Crippen molar-refractivity contribution in [1.29, 1.82) is 0 Å². The Morgan fingerprint density at radius 3 is 2.77 bits per heavy atom. The van der Waals surface area contributed by atoms with Gasteiger partial charge in [-0.05, 0) is 56.4 Å². The fourth-order valence-corrected chi connectivity index (χ4v) is 6.77. The second-order valence-electron chi connectivity index (χ2n) is 9.98. The smallest absolute Gasteiger partial charge is 0.310 e. The van der Waals surface area contributed by atoms with Crippen molar-refractivity contribution in [2.45, 2.75) is 70.8 Å². The van der Waals surface area contributed by atoms with Crippen molar-refractivity contribution in [3.63, 3.8) is 0 Å². The lowest BCUT2D eigenvalue weighted by molar-refractivity contribution is -0.163. The number of Topliss-reactive ketones (excluding diaryl/α,β-unsaturated/α-hetero) is 1. The molecule has 0 saturated heterocycles. The van der Waals surface area contributed by atoms with Gasteiger partial charge < -0.3 is 9.84 Å². The Bertz CT molecular complexity index is 867. The molecule has 4 rings (SSSR count). The first-order chi connectivity index (χ1) is 14.2. The quantitative estimate of drug-likeness (QED) is 0.548. The molecule has 0 amide bonds. The van der Waals surface area contributed by atoms with Gasteiger partial charge in [-0.1, -0.05) is 37.1 Å². The SMILES string of the molecule is C=CCC(=O)OCC(=O)[C@@]1(O)CC[C@H]2[C@@H]3CCC4=CC(=O)CC[C@]4(C)C3=CC[C@@]21C. The summed E-state index contributed by atoms with van der Waals surface area (Å²) in [7, 11) is 0. The molecule has 30 heavy (non-hydrogen) atoms. The zero-order chi connectivity index (χ0) is 21.7. The molecule has 0 spiro atoms. The number of ether oxygens (including phenoxy) is 1. The summed E-state index contributed by atoms with van der Waals surface area (Å²) in [4.78, 5) is 36.6. The van der Waals surface area contributed by atoms with Crippen LogP contribution in [0, 0.1) is 22.7 Å². The van der Waals surface area contributed by atoms with E-state index >= 15 is 0 Å². The van der Waals surface area contributed by atoms with Gasteiger partial charge in [0, 0.05) is 17.3 Å². The lowest BCUT2D eigenvalue weighted by Gasteiger charge is -2.54. The molecule has 4 aliphatic carbocycles. The van der Waals surface area contributed by atoms with Gasteiger partial charge in [-0.25, -0.2) is 0 Å². The average Bonchev–Trinajstić information content (AvgIpc) is 2.99. The third-order valence-corrected chi connectivity index (χ3v) is 8.63. The van der Waals surface area contributed by atoms with E-state index in [4.69, 9.17) is 4.74 Å². The minimum absolute atomic E-state index is 0.0523.